The zero-order valence-electron chi connectivity index (χ0n) is 15.5. The van der Waals surface area contributed by atoms with Crippen molar-refractivity contribution in [3.8, 4) is 5.75 Å². The van der Waals surface area contributed by atoms with Crippen LogP contribution in [0.2, 0.25) is 0 Å². The Kier molecular flexibility index (Phi) is 4.29. The number of rotatable bonds is 3. The van der Waals surface area contributed by atoms with Crippen LogP contribution in [-0.4, -0.2) is 7.11 Å². The second-order valence-corrected chi connectivity index (χ2v) is 8.18. The van der Waals surface area contributed by atoms with Gasteiger partial charge in [0.1, 0.15) is 5.75 Å². The topological polar surface area (TPSA) is 9.23 Å². The van der Waals surface area contributed by atoms with Crippen molar-refractivity contribution in [3.05, 3.63) is 64.7 Å². The fourth-order valence-corrected chi connectivity index (χ4v) is 3.62. The van der Waals surface area contributed by atoms with E-state index in [-0.39, 0.29) is 10.8 Å². The minimum atomic E-state index is 0.259. The summed E-state index contributed by atoms with van der Waals surface area (Å²) in [5, 5.41) is 0. The van der Waals surface area contributed by atoms with Crippen molar-refractivity contribution in [1.29, 1.82) is 0 Å². The van der Waals surface area contributed by atoms with E-state index in [1.165, 1.54) is 35.1 Å². The predicted molar refractivity (Wildman–Crippen MR) is 104 cm³/mol. The number of hydrogen-bond donors (Lipinski definition) is 0. The van der Waals surface area contributed by atoms with Crippen LogP contribution in [0.3, 0.4) is 0 Å². The maximum Gasteiger partial charge on any atom is 0.118 e. The molecule has 0 heterocycles. The van der Waals surface area contributed by atoms with E-state index in [1.54, 1.807) is 7.11 Å². The molecule has 0 fully saturated rings. The van der Waals surface area contributed by atoms with Gasteiger partial charge < -0.3 is 4.74 Å². The Bertz CT molecular complexity index is 748. The highest BCUT2D eigenvalue weighted by Gasteiger charge is 2.36. The molecule has 0 bridgehead atoms. The fourth-order valence-electron chi connectivity index (χ4n) is 3.62. The summed E-state index contributed by atoms with van der Waals surface area (Å²) < 4.78 is 5.21. The molecule has 0 N–H and O–H groups in total. The third kappa shape index (κ3) is 3.26. The van der Waals surface area contributed by atoms with Crippen LogP contribution < -0.4 is 4.74 Å². The lowest BCUT2D eigenvalue weighted by atomic mass is 9.63. The first kappa shape index (κ1) is 16.8. The first-order chi connectivity index (χ1) is 11.3. The molecule has 1 aliphatic rings. The van der Waals surface area contributed by atoms with E-state index in [1.807, 2.05) is 12.1 Å². The third-order valence-electron chi connectivity index (χ3n) is 5.46. The Morgan fingerprint density at radius 2 is 1.29 bits per heavy atom. The molecule has 3 rings (SSSR count). The smallest absolute Gasteiger partial charge is 0.118 e. The Morgan fingerprint density at radius 3 is 1.92 bits per heavy atom. The van der Waals surface area contributed by atoms with E-state index in [0.29, 0.717) is 0 Å². The Labute approximate surface area is 146 Å². The lowest BCUT2D eigenvalue weighted by Crippen LogP contribution is -2.33. The van der Waals surface area contributed by atoms with Crippen molar-refractivity contribution in [2.75, 3.05) is 7.11 Å². The number of benzene rings is 2. The second kappa shape index (κ2) is 6.12. The van der Waals surface area contributed by atoms with Gasteiger partial charge in [0.15, 0.2) is 0 Å². The van der Waals surface area contributed by atoms with Crippen molar-refractivity contribution < 1.29 is 4.74 Å². The SMILES string of the molecule is COc1ccc(/C=C\c2ccc3c(c2)C(C)(C)CCC3(C)C)cc1. The lowest BCUT2D eigenvalue weighted by Gasteiger charge is -2.42. The van der Waals surface area contributed by atoms with E-state index >= 15 is 0 Å². The van der Waals surface area contributed by atoms with Crippen LogP contribution in [0.1, 0.15) is 62.8 Å². The largest absolute Gasteiger partial charge is 0.497 e. The second-order valence-electron chi connectivity index (χ2n) is 8.18. The number of ether oxygens (including phenoxy) is 1. The molecule has 0 aromatic heterocycles. The van der Waals surface area contributed by atoms with E-state index < -0.39 is 0 Å². The molecule has 0 aliphatic heterocycles. The van der Waals surface area contributed by atoms with Crippen LogP contribution in [0.15, 0.2) is 42.5 Å². The van der Waals surface area contributed by atoms with Crippen LogP contribution in [-0.2, 0) is 10.8 Å². The molecular formula is C23H28O. The Morgan fingerprint density at radius 1 is 0.750 bits per heavy atom. The van der Waals surface area contributed by atoms with Crippen molar-refractivity contribution in [1.82, 2.24) is 0 Å². The number of fused-ring (bicyclic) bond motifs is 1. The molecule has 0 radical (unpaired) electrons. The average Bonchev–Trinajstić information content (AvgIpc) is 2.58. The van der Waals surface area contributed by atoms with Crippen molar-refractivity contribution in [2.45, 2.75) is 51.4 Å². The van der Waals surface area contributed by atoms with Gasteiger partial charge in [-0.05, 0) is 58.1 Å². The van der Waals surface area contributed by atoms with Gasteiger partial charge in [0.2, 0.25) is 0 Å². The van der Waals surface area contributed by atoms with Crippen molar-refractivity contribution in [2.24, 2.45) is 0 Å². The fraction of sp³-hybridized carbons (Fsp3) is 0.391. The highest BCUT2D eigenvalue weighted by atomic mass is 16.5. The summed E-state index contributed by atoms with van der Waals surface area (Å²) in [5.74, 6) is 0.893. The molecule has 126 valence electrons. The molecule has 1 heteroatoms. The van der Waals surface area contributed by atoms with Gasteiger partial charge in [-0.1, -0.05) is 70.2 Å². The quantitative estimate of drug-likeness (QED) is 0.610. The van der Waals surface area contributed by atoms with E-state index in [2.05, 4.69) is 70.2 Å². The maximum atomic E-state index is 5.21. The minimum absolute atomic E-state index is 0.259. The molecule has 2 aromatic rings. The summed E-state index contributed by atoms with van der Waals surface area (Å²) in [4.78, 5) is 0. The monoisotopic (exact) mass is 320 g/mol. The predicted octanol–water partition coefficient (Wildman–Crippen LogP) is 6.21. The van der Waals surface area contributed by atoms with Gasteiger partial charge in [0.05, 0.1) is 7.11 Å². The summed E-state index contributed by atoms with van der Waals surface area (Å²) >= 11 is 0. The van der Waals surface area contributed by atoms with E-state index in [9.17, 15) is 0 Å². The first-order valence-corrected chi connectivity index (χ1v) is 8.79. The molecule has 1 aliphatic carbocycles. The zero-order valence-corrected chi connectivity index (χ0v) is 15.5. The molecule has 0 saturated carbocycles. The van der Waals surface area contributed by atoms with E-state index in [0.717, 1.165) is 5.75 Å². The van der Waals surface area contributed by atoms with Crippen LogP contribution >= 0.6 is 0 Å². The summed E-state index contributed by atoms with van der Waals surface area (Å²) in [6.07, 6.45) is 6.88. The molecule has 0 spiro atoms. The van der Waals surface area contributed by atoms with Gasteiger partial charge in [-0.2, -0.15) is 0 Å². The standard InChI is InChI=1S/C23H28O/c1-22(2)14-15-23(3,4)21-16-18(10-13-20(21)22)7-6-17-8-11-19(24-5)12-9-17/h6-13,16H,14-15H2,1-5H3/b7-6-. The van der Waals surface area contributed by atoms with E-state index in [4.69, 9.17) is 4.74 Å². The van der Waals surface area contributed by atoms with Crippen LogP contribution in [0, 0.1) is 0 Å². The molecule has 0 atom stereocenters. The average molecular weight is 320 g/mol. The van der Waals surface area contributed by atoms with Gasteiger partial charge in [-0.3, -0.25) is 0 Å². The summed E-state index contributed by atoms with van der Waals surface area (Å²) in [5.41, 5.74) is 6.03. The molecule has 0 unspecified atom stereocenters. The minimum Gasteiger partial charge on any atom is -0.497 e. The first-order valence-electron chi connectivity index (χ1n) is 8.79. The van der Waals surface area contributed by atoms with Crippen LogP contribution in [0.5, 0.6) is 5.75 Å². The van der Waals surface area contributed by atoms with Gasteiger partial charge in [-0.15, -0.1) is 0 Å². The Hall–Kier alpha value is -2.02. The van der Waals surface area contributed by atoms with Gasteiger partial charge >= 0.3 is 0 Å². The highest BCUT2D eigenvalue weighted by Crippen LogP contribution is 2.45. The van der Waals surface area contributed by atoms with Crippen LogP contribution in [0.25, 0.3) is 12.2 Å². The van der Waals surface area contributed by atoms with Gasteiger partial charge in [-0.25, -0.2) is 0 Å². The summed E-state index contributed by atoms with van der Waals surface area (Å²) in [7, 11) is 1.70. The summed E-state index contributed by atoms with van der Waals surface area (Å²) in [6.45, 7) is 9.48. The molecule has 24 heavy (non-hydrogen) atoms. The maximum absolute atomic E-state index is 5.21. The van der Waals surface area contributed by atoms with Gasteiger partial charge in [0, 0.05) is 0 Å². The normalized spacial score (nSPS) is 18.4. The molecule has 1 nitrogen and oxygen atoms in total. The zero-order chi connectivity index (χ0) is 17.4. The lowest BCUT2D eigenvalue weighted by molar-refractivity contribution is 0.332. The molecule has 0 saturated heterocycles. The molecule has 0 amide bonds. The van der Waals surface area contributed by atoms with Gasteiger partial charge in [0.25, 0.3) is 0 Å². The van der Waals surface area contributed by atoms with Crippen LogP contribution in [0.4, 0.5) is 0 Å². The molecule has 2 aromatic carbocycles. The number of hydrogen-bond acceptors (Lipinski definition) is 1. The van der Waals surface area contributed by atoms with Crippen molar-refractivity contribution in [3.63, 3.8) is 0 Å². The highest BCUT2D eigenvalue weighted by molar-refractivity contribution is 5.70. The Balaban J connectivity index is 1.91. The van der Waals surface area contributed by atoms with Crippen molar-refractivity contribution >= 4 is 12.2 Å². The molecular weight excluding hydrogens is 292 g/mol. The summed E-state index contributed by atoms with van der Waals surface area (Å²) in [6, 6.07) is 15.1. The number of methoxy groups -OCH3 is 1. The third-order valence-corrected chi connectivity index (χ3v) is 5.46.